The Morgan fingerprint density at radius 3 is 2.81 bits per heavy atom. The van der Waals surface area contributed by atoms with Crippen LogP contribution in [0.15, 0.2) is 21.9 Å². The number of nitrogens with zero attached hydrogens (tertiary/aromatic N) is 1. The fourth-order valence-corrected chi connectivity index (χ4v) is 2.04. The smallest absolute Gasteiger partial charge is 0.330 e. The number of hydrogen-bond donors (Lipinski definition) is 4. The van der Waals surface area contributed by atoms with Crippen molar-refractivity contribution in [3.8, 4) is 0 Å². The molecule has 2 rings (SSSR count). The van der Waals surface area contributed by atoms with Crippen LogP contribution in [0.1, 0.15) is 18.2 Å². The maximum absolute atomic E-state index is 11.8. The Morgan fingerprint density at radius 2 is 2.24 bits per heavy atom. The third-order valence-corrected chi connectivity index (χ3v) is 3.10. The molecule has 114 valence electrons. The Morgan fingerprint density at radius 1 is 1.52 bits per heavy atom. The Labute approximate surface area is 117 Å². The summed E-state index contributed by atoms with van der Waals surface area (Å²) in [6, 6.07) is 0. The second-order valence-electron chi connectivity index (χ2n) is 4.54. The molecule has 1 saturated heterocycles. The van der Waals surface area contributed by atoms with E-state index >= 15 is 0 Å². The normalized spacial score (nSPS) is 25.5. The summed E-state index contributed by atoms with van der Waals surface area (Å²) in [6.45, 7) is -0.401. The first-order valence-electron chi connectivity index (χ1n) is 6.13. The third kappa shape index (κ3) is 3.27. The molecule has 21 heavy (non-hydrogen) atoms. The van der Waals surface area contributed by atoms with Gasteiger partial charge in [0.2, 0.25) is 0 Å². The first-order valence-corrected chi connectivity index (χ1v) is 6.13. The van der Waals surface area contributed by atoms with E-state index in [-0.39, 0.29) is 12.0 Å². The van der Waals surface area contributed by atoms with Crippen LogP contribution in [-0.2, 0) is 9.53 Å². The summed E-state index contributed by atoms with van der Waals surface area (Å²) in [4.78, 5) is 35.8. The molecule has 0 amide bonds. The number of aliphatic hydroxyl groups excluding tert-OH is 2. The van der Waals surface area contributed by atoms with Crippen LogP contribution in [0.4, 0.5) is 0 Å². The highest BCUT2D eigenvalue weighted by atomic mass is 16.5. The van der Waals surface area contributed by atoms with Crippen LogP contribution in [0.5, 0.6) is 0 Å². The minimum atomic E-state index is -1.24. The molecule has 0 unspecified atom stereocenters. The predicted octanol–water partition coefficient (Wildman–Crippen LogP) is -1.72. The lowest BCUT2D eigenvalue weighted by Gasteiger charge is -2.14. The predicted molar refractivity (Wildman–Crippen MR) is 69.6 cm³/mol. The molecule has 0 spiro atoms. The fraction of sp³-hybridized carbons (Fsp3) is 0.417. The van der Waals surface area contributed by atoms with E-state index in [4.69, 9.17) is 14.9 Å². The van der Waals surface area contributed by atoms with Gasteiger partial charge in [0.05, 0.1) is 18.3 Å². The van der Waals surface area contributed by atoms with Gasteiger partial charge in [-0.05, 0) is 6.08 Å². The van der Waals surface area contributed by atoms with Crippen LogP contribution in [0.3, 0.4) is 0 Å². The average molecular weight is 298 g/mol. The van der Waals surface area contributed by atoms with Gasteiger partial charge in [0, 0.05) is 18.7 Å². The number of aromatic nitrogens is 2. The van der Waals surface area contributed by atoms with Crippen LogP contribution in [0.25, 0.3) is 6.08 Å². The van der Waals surface area contributed by atoms with Crippen molar-refractivity contribution in [2.75, 3.05) is 6.61 Å². The summed E-state index contributed by atoms with van der Waals surface area (Å²) in [5, 5.41) is 27.2. The maximum Gasteiger partial charge on any atom is 0.330 e. The SMILES string of the molecule is O=C(O)/C=C\c1cn([C@H]2C[C@H](O)[C@@H](CO)O2)c(=O)[nH]c1=O. The molecular weight excluding hydrogens is 284 g/mol. The van der Waals surface area contributed by atoms with E-state index in [0.29, 0.717) is 0 Å². The highest BCUT2D eigenvalue weighted by molar-refractivity contribution is 5.85. The number of nitrogens with one attached hydrogen (secondary N) is 1. The van der Waals surface area contributed by atoms with Crippen LogP contribution >= 0.6 is 0 Å². The molecule has 0 saturated carbocycles. The standard InChI is InChI=1S/C12H14N2O7/c15-5-8-7(16)3-9(21-8)14-4-6(1-2-10(17)18)11(19)13-12(14)20/h1-2,4,7-9,15-16H,3,5H2,(H,17,18)(H,13,19,20)/b2-1-/t7-,8+,9+/m0/s1. The number of hydrogen-bond acceptors (Lipinski definition) is 6. The van der Waals surface area contributed by atoms with E-state index in [2.05, 4.69) is 0 Å². The number of H-pyrrole nitrogens is 1. The topological polar surface area (TPSA) is 142 Å². The Kier molecular flexibility index (Phi) is 4.36. The summed E-state index contributed by atoms with van der Waals surface area (Å²) >= 11 is 0. The molecule has 0 radical (unpaired) electrons. The molecule has 4 N–H and O–H groups in total. The summed E-state index contributed by atoms with van der Waals surface area (Å²) in [5.74, 6) is -1.24. The van der Waals surface area contributed by atoms with Gasteiger partial charge in [-0.25, -0.2) is 9.59 Å². The van der Waals surface area contributed by atoms with Crippen molar-refractivity contribution < 1.29 is 24.9 Å². The molecule has 1 aromatic rings. The van der Waals surface area contributed by atoms with Crippen LogP contribution in [0.2, 0.25) is 0 Å². The number of aliphatic hydroxyl groups is 2. The van der Waals surface area contributed by atoms with Gasteiger partial charge in [-0.15, -0.1) is 0 Å². The lowest BCUT2D eigenvalue weighted by molar-refractivity contribution is -0.131. The summed E-state index contributed by atoms with van der Waals surface area (Å²) in [5.41, 5.74) is -1.52. The fourth-order valence-electron chi connectivity index (χ4n) is 2.04. The second-order valence-corrected chi connectivity index (χ2v) is 4.54. The molecule has 0 aromatic carbocycles. The lowest BCUT2D eigenvalue weighted by Crippen LogP contribution is -2.33. The van der Waals surface area contributed by atoms with Crippen molar-refractivity contribution in [2.45, 2.75) is 24.9 Å². The molecule has 3 atom stereocenters. The molecule has 2 heterocycles. The molecular formula is C12H14N2O7. The zero-order valence-corrected chi connectivity index (χ0v) is 10.8. The van der Waals surface area contributed by atoms with Crippen molar-refractivity contribution >= 4 is 12.0 Å². The van der Waals surface area contributed by atoms with Gasteiger partial charge >= 0.3 is 11.7 Å². The van der Waals surface area contributed by atoms with Crippen LogP contribution < -0.4 is 11.2 Å². The van der Waals surface area contributed by atoms with Gasteiger partial charge in [-0.1, -0.05) is 0 Å². The molecule has 1 aromatic heterocycles. The number of rotatable bonds is 4. The van der Waals surface area contributed by atoms with Crippen molar-refractivity contribution in [3.05, 3.63) is 38.7 Å². The van der Waals surface area contributed by atoms with E-state index in [1.807, 2.05) is 4.98 Å². The van der Waals surface area contributed by atoms with E-state index in [1.165, 1.54) is 0 Å². The molecule has 1 aliphatic rings. The first-order chi connectivity index (χ1) is 9.92. The Hall–Kier alpha value is -2.23. The quantitative estimate of drug-likeness (QED) is 0.484. The van der Waals surface area contributed by atoms with Gasteiger partial charge in [0.1, 0.15) is 12.3 Å². The molecule has 9 nitrogen and oxygen atoms in total. The Balaban J connectivity index is 2.37. The molecule has 9 heteroatoms. The number of aliphatic carboxylic acids is 1. The number of carbonyl (C=O) groups is 1. The minimum absolute atomic E-state index is 0.0393. The lowest BCUT2D eigenvalue weighted by atomic mass is 10.2. The van der Waals surface area contributed by atoms with Gasteiger partial charge in [-0.3, -0.25) is 14.3 Å². The van der Waals surface area contributed by atoms with Crippen molar-refractivity contribution in [2.24, 2.45) is 0 Å². The largest absolute Gasteiger partial charge is 0.478 e. The maximum atomic E-state index is 11.8. The number of carboxylic acids is 1. The highest BCUT2D eigenvalue weighted by Gasteiger charge is 2.35. The van der Waals surface area contributed by atoms with E-state index < -0.39 is 42.3 Å². The molecule has 0 aliphatic carbocycles. The van der Waals surface area contributed by atoms with Gasteiger partial charge < -0.3 is 20.1 Å². The van der Waals surface area contributed by atoms with E-state index in [0.717, 1.165) is 22.9 Å². The zero-order valence-electron chi connectivity index (χ0n) is 10.8. The van der Waals surface area contributed by atoms with Crippen molar-refractivity contribution in [1.82, 2.24) is 9.55 Å². The van der Waals surface area contributed by atoms with Gasteiger partial charge in [0.25, 0.3) is 5.56 Å². The zero-order chi connectivity index (χ0) is 15.6. The summed E-state index contributed by atoms with van der Waals surface area (Å²) in [7, 11) is 0. The average Bonchev–Trinajstić information content (AvgIpc) is 2.78. The second kappa shape index (κ2) is 6.04. The first kappa shape index (κ1) is 15.2. The van der Waals surface area contributed by atoms with Gasteiger partial charge in [-0.2, -0.15) is 0 Å². The van der Waals surface area contributed by atoms with Crippen LogP contribution in [-0.4, -0.2) is 49.7 Å². The molecule has 1 aliphatic heterocycles. The van der Waals surface area contributed by atoms with Crippen molar-refractivity contribution in [3.63, 3.8) is 0 Å². The van der Waals surface area contributed by atoms with Gasteiger partial charge in [0.15, 0.2) is 0 Å². The Bertz CT molecular complexity index is 675. The molecule has 0 bridgehead atoms. The number of ether oxygens (including phenoxy) is 1. The minimum Gasteiger partial charge on any atom is -0.478 e. The number of carboxylic acid groups (broad SMARTS) is 1. The van der Waals surface area contributed by atoms with Crippen LogP contribution in [0, 0.1) is 0 Å². The highest BCUT2D eigenvalue weighted by Crippen LogP contribution is 2.27. The van der Waals surface area contributed by atoms with Crippen molar-refractivity contribution in [1.29, 1.82) is 0 Å². The summed E-state index contributed by atoms with van der Waals surface area (Å²) in [6.07, 6.45) is 0.436. The van der Waals surface area contributed by atoms with E-state index in [1.54, 1.807) is 0 Å². The number of aromatic amines is 1. The third-order valence-electron chi connectivity index (χ3n) is 3.10. The summed E-state index contributed by atoms with van der Waals surface area (Å²) < 4.78 is 6.35. The van der Waals surface area contributed by atoms with E-state index in [9.17, 15) is 19.5 Å². The monoisotopic (exact) mass is 298 g/mol. The molecule has 1 fully saturated rings.